The summed E-state index contributed by atoms with van der Waals surface area (Å²) in [5.74, 6) is 2.82. The summed E-state index contributed by atoms with van der Waals surface area (Å²) in [4.78, 5) is 31.0. The molecule has 2 aliphatic heterocycles. The molecule has 3 heterocycles. The summed E-state index contributed by atoms with van der Waals surface area (Å²) >= 11 is 1.18. The minimum Gasteiger partial charge on any atom is -0.497 e. The molecule has 10 nitrogen and oxygen atoms in total. The van der Waals surface area contributed by atoms with E-state index in [1.807, 2.05) is 18.2 Å². The molecule has 4 aromatic rings. The van der Waals surface area contributed by atoms with Crippen LogP contribution in [-0.4, -0.2) is 41.9 Å². The number of hydrogen-bond donors (Lipinski definition) is 1. The number of fused-ring (bicyclic) bond motifs is 3. The van der Waals surface area contributed by atoms with Gasteiger partial charge in [-0.15, -0.1) is 0 Å². The number of methoxy groups -OCH3 is 1. The molecule has 0 bridgehead atoms. The molecule has 0 saturated heterocycles. The first kappa shape index (κ1) is 23.0. The molecule has 0 fully saturated rings. The van der Waals surface area contributed by atoms with E-state index < -0.39 is 0 Å². The lowest BCUT2D eigenvalue weighted by molar-refractivity contribution is -0.113. The maximum Gasteiger partial charge on any atom is 0.262 e. The van der Waals surface area contributed by atoms with E-state index in [1.165, 1.54) is 11.8 Å². The Morgan fingerprint density at radius 2 is 1.68 bits per heavy atom. The van der Waals surface area contributed by atoms with Crippen molar-refractivity contribution in [1.82, 2.24) is 9.55 Å². The Balaban J connectivity index is 1.31. The lowest BCUT2D eigenvalue weighted by Gasteiger charge is -2.14. The molecule has 0 unspecified atom stereocenters. The minimum absolute atomic E-state index is 0.0513. The first-order chi connectivity index (χ1) is 18.1. The fourth-order valence-corrected chi connectivity index (χ4v) is 4.86. The second kappa shape index (κ2) is 9.58. The van der Waals surface area contributed by atoms with E-state index in [0.717, 1.165) is 5.56 Å². The van der Waals surface area contributed by atoms with Gasteiger partial charge in [-0.3, -0.25) is 14.2 Å². The molecule has 3 aromatic carbocycles. The molecule has 0 saturated carbocycles. The van der Waals surface area contributed by atoms with Crippen molar-refractivity contribution < 1.29 is 28.5 Å². The highest BCUT2D eigenvalue weighted by Gasteiger charge is 2.21. The van der Waals surface area contributed by atoms with Crippen LogP contribution in [0.2, 0.25) is 0 Å². The Labute approximate surface area is 215 Å². The summed E-state index contributed by atoms with van der Waals surface area (Å²) in [6.07, 6.45) is 0. The lowest BCUT2D eigenvalue weighted by atomic mass is 10.2. The summed E-state index contributed by atoms with van der Waals surface area (Å²) in [5.41, 5.74) is 1.69. The zero-order valence-electron chi connectivity index (χ0n) is 19.7. The van der Waals surface area contributed by atoms with Crippen LogP contribution in [0, 0.1) is 0 Å². The first-order valence-corrected chi connectivity index (χ1v) is 12.4. The van der Waals surface area contributed by atoms with Gasteiger partial charge in [0.05, 0.1) is 30.3 Å². The van der Waals surface area contributed by atoms with Crippen LogP contribution < -0.4 is 34.6 Å². The normalized spacial score (nSPS) is 13.1. The van der Waals surface area contributed by atoms with E-state index in [-0.39, 0.29) is 37.3 Å². The van der Waals surface area contributed by atoms with Gasteiger partial charge in [0.25, 0.3) is 5.56 Å². The molecule has 1 amide bonds. The summed E-state index contributed by atoms with van der Waals surface area (Å²) in [6, 6.07) is 15.9. The highest BCUT2D eigenvalue weighted by molar-refractivity contribution is 7.99. The van der Waals surface area contributed by atoms with Crippen molar-refractivity contribution in [1.29, 1.82) is 0 Å². The number of carbonyl (C=O) groups is 1. The molecule has 1 N–H and O–H groups in total. The van der Waals surface area contributed by atoms with Gasteiger partial charge in [0.2, 0.25) is 19.5 Å². The van der Waals surface area contributed by atoms with Gasteiger partial charge >= 0.3 is 0 Å². The van der Waals surface area contributed by atoms with Gasteiger partial charge in [0.15, 0.2) is 28.2 Å². The third kappa shape index (κ3) is 4.60. The Kier molecular flexibility index (Phi) is 5.97. The van der Waals surface area contributed by atoms with Crippen molar-refractivity contribution in [2.45, 2.75) is 11.7 Å². The van der Waals surface area contributed by atoms with Crippen molar-refractivity contribution in [3.63, 3.8) is 0 Å². The molecule has 0 radical (unpaired) electrons. The lowest BCUT2D eigenvalue weighted by Crippen LogP contribution is -2.25. The predicted octanol–water partition coefficient (Wildman–Crippen LogP) is 3.64. The van der Waals surface area contributed by atoms with E-state index in [9.17, 15) is 9.59 Å². The molecule has 37 heavy (non-hydrogen) atoms. The van der Waals surface area contributed by atoms with Gasteiger partial charge in [-0.2, -0.15) is 0 Å². The number of benzene rings is 3. The van der Waals surface area contributed by atoms with E-state index in [4.69, 9.17) is 28.7 Å². The second-order valence-electron chi connectivity index (χ2n) is 8.26. The number of nitrogens with one attached hydrogen (secondary N) is 1. The smallest absolute Gasteiger partial charge is 0.262 e. The molecule has 2 aliphatic rings. The molecular weight excluding hydrogens is 498 g/mol. The van der Waals surface area contributed by atoms with Crippen LogP contribution in [0.25, 0.3) is 10.9 Å². The zero-order chi connectivity index (χ0) is 25.4. The zero-order valence-corrected chi connectivity index (χ0v) is 20.5. The Bertz CT molecular complexity index is 1570. The number of anilines is 1. The summed E-state index contributed by atoms with van der Waals surface area (Å²) < 4.78 is 28.5. The summed E-state index contributed by atoms with van der Waals surface area (Å²) in [6.45, 7) is 0.479. The van der Waals surface area contributed by atoms with E-state index >= 15 is 0 Å². The van der Waals surface area contributed by atoms with Crippen LogP contribution in [0.4, 0.5) is 5.69 Å². The molecule has 0 aliphatic carbocycles. The molecule has 0 spiro atoms. The van der Waals surface area contributed by atoms with Crippen LogP contribution in [0.5, 0.6) is 28.7 Å². The average Bonchev–Trinajstić information content (AvgIpc) is 3.57. The van der Waals surface area contributed by atoms with Gasteiger partial charge in [0, 0.05) is 11.8 Å². The molecule has 0 atom stereocenters. The largest absolute Gasteiger partial charge is 0.497 e. The van der Waals surface area contributed by atoms with Crippen molar-refractivity contribution in [2.75, 3.05) is 31.8 Å². The number of ether oxygens (including phenoxy) is 5. The summed E-state index contributed by atoms with van der Waals surface area (Å²) in [5, 5.41) is 3.65. The molecule has 6 rings (SSSR count). The fourth-order valence-electron chi connectivity index (χ4n) is 4.06. The Hall–Kier alpha value is -4.38. The quantitative estimate of drug-likeness (QED) is 0.289. The maximum absolute atomic E-state index is 13.6. The number of nitrogens with zero attached hydrogens (tertiary/aromatic N) is 2. The second-order valence-corrected chi connectivity index (χ2v) is 9.20. The monoisotopic (exact) mass is 519 g/mol. The Morgan fingerprint density at radius 3 is 2.43 bits per heavy atom. The van der Waals surface area contributed by atoms with Crippen LogP contribution in [0.1, 0.15) is 5.56 Å². The highest BCUT2D eigenvalue weighted by Crippen LogP contribution is 2.36. The third-order valence-electron chi connectivity index (χ3n) is 5.90. The number of amides is 1. The number of hydrogen-bond acceptors (Lipinski definition) is 9. The average molecular weight is 520 g/mol. The van der Waals surface area contributed by atoms with E-state index in [0.29, 0.717) is 50.5 Å². The SMILES string of the molecule is COc1ccc(NC(=O)CSc2nc3cc4c(cc3c(=O)n2Cc2ccc3c(c2)OCO3)OCO4)cc1. The minimum atomic E-state index is -0.251. The molecule has 11 heteroatoms. The van der Waals surface area contributed by atoms with Crippen molar-refractivity contribution in [2.24, 2.45) is 0 Å². The number of thioether (sulfide) groups is 1. The topological polar surface area (TPSA) is 110 Å². The highest BCUT2D eigenvalue weighted by atomic mass is 32.2. The summed E-state index contributed by atoms with van der Waals surface area (Å²) in [7, 11) is 1.58. The van der Waals surface area contributed by atoms with Gasteiger partial charge in [-0.05, 0) is 48.0 Å². The molecule has 1 aromatic heterocycles. The van der Waals surface area contributed by atoms with Crippen LogP contribution >= 0.6 is 11.8 Å². The van der Waals surface area contributed by atoms with Crippen molar-refractivity contribution >= 4 is 34.3 Å². The first-order valence-electron chi connectivity index (χ1n) is 11.4. The number of carbonyl (C=O) groups excluding carboxylic acids is 1. The van der Waals surface area contributed by atoms with E-state index in [2.05, 4.69) is 5.32 Å². The standard InChI is InChI=1S/C26H21N3O7S/c1-32-17-5-3-16(4-6-17)27-24(30)12-37-26-28-19-10-23-22(35-14-36-23)9-18(19)25(31)29(26)11-15-2-7-20-21(8-15)34-13-33-20/h2-10H,11-14H2,1H3,(H,27,30). The molecular formula is C26H21N3O7S. The third-order valence-corrected chi connectivity index (χ3v) is 6.87. The van der Waals surface area contributed by atoms with Crippen LogP contribution in [0.3, 0.4) is 0 Å². The van der Waals surface area contributed by atoms with Gasteiger partial charge in [-0.25, -0.2) is 4.98 Å². The van der Waals surface area contributed by atoms with Crippen LogP contribution in [-0.2, 0) is 11.3 Å². The molecule has 188 valence electrons. The number of rotatable bonds is 7. The Morgan fingerprint density at radius 1 is 0.973 bits per heavy atom. The predicted molar refractivity (Wildman–Crippen MR) is 136 cm³/mol. The number of aromatic nitrogens is 2. The van der Waals surface area contributed by atoms with Crippen molar-refractivity contribution in [3.8, 4) is 28.7 Å². The van der Waals surface area contributed by atoms with E-state index in [1.54, 1.807) is 48.1 Å². The van der Waals surface area contributed by atoms with Gasteiger partial charge in [0.1, 0.15) is 5.75 Å². The fraction of sp³-hybridized carbons (Fsp3) is 0.192. The van der Waals surface area contributed by atoms with Crippen molar-refractivity contribution in [3.05, 3.63) is 70.5 Å². The van der Waals surface area contributed by atoms with Gasteiger partial charge < -0.3 is 29.0 Å². The van der Waals surface area contributed by atoms with Crippen LogP contribution in [0.15, 0.2) is 64.5 Å². The van der Waals surface area contributed by atoms with Gasteiger partial charge in [-0.1, -0.05) is 17.8 Å². The maximum atomic E-state index is 13.6.